The lowest BCUT2D eigenvalue weighted by Crippen LogP contribution is -2.25. The van der Waals surface area contributed by atoms with E-state index in [1.54, 1.807) is 13.2 Å². The van der Waals surface area contributed by atoms with Gasteiger partial charge in [0.05, 0.1) is 7.11 Å². The summed E-state index contributed by atoms with van der Waals surface area (Å²) in [5.74, 6) is 0.890. The van der Waals surface area contributed by atoms with Gasteiger partial charge in [-0.2, -0.15) is 0 Å². The maximum Gasteiger partial charge on any atom is 0.143 e. The van der Waals surface area contributed by atoms with Gasteiger partial charge in [0.15, 0.2) is 0 Å². The van der Waals surface area contributed by atoms with Crippen molar-refractivity contribution in [3.8, 4) is 17.2 Å². The molecule has 26 heavy (non-hydrogen) atoms. The van der Waals surface area contributed by atoms with E-state index in [4.69, 9.17) is 4.74 Å². The maximum absolute atomic E-state index is 10.4. The second-order valence-corrected chi connectivity index (χ2v) is 8.67. The smallest absolute Gasteiger partial charge is 0.143 e. The van der Waals surface area contributed by atoms with Gasteiger partial charge in [-0.3, -0.25) is 0 Å². The van der Waals surface area contributed by atoms with Gasteiger partial charge >= 0.3 is 0 Å². The molecule has 0 aliphatic carbocycles. The number of aromatic hydroxyl groups is 1. The van der Waals surface area contributed by atoms with Crippen LogP contribution in [0.15, 0.2) is 36.4 Å². The standard InChI is InChI=1S/C21H27N3O2/c1-20(2,3)13-21(4,5)14-7-10-19(25)18(11-14)24-22-16-9-8-15(26-6)12-17(16)23-24/h7-12,25H,13H2,1-6H3. The van der Waals surface area contributed by atoms with Crippen LogP contribution in [-0.4, -0.2) is 27.2 Å². The molecule has 5 nitrogen and oxygen atoms in total. The zero-order valence-corrected chi connectivity index (χ0v) is 16.4. The number of phenols is 1. The molecule has 3 aromatic rings. The third-order valence-electron chi connectivity index (χ3n) is 4.53. The largest absolute Gasteiger partial charge is 0.506 e. The molecule has 0 saturated carbocycles. The van der Waals surface area contributed by atoms with Gasteiger partial charge in [0.1, 0.15) is 28.2 Å². The third-order valence-corrected chi connectivity index (χ3v) is 4.53. The molecule has 0 atom stereocenters. The number of rotatable bonds is 4. The van der Waals surface area contributed by atoms with Crippen LogP contribution in [0.4, 0.5) is 0 Å². The number of ether oxygens (including phenoxy) is 1. The molecule has 0 unspecified atom stereocenters. The Morgan fingerprint density at radius 1 is 0.962 bits per heavy atom. The molecule has 138 valence electrons. The molecule has 0 fully saturated rings. The molecule has 1 heterocycles. The second kappa shape index (κ2) is 6.31. The Morgan fingerprint density at radius 2 is 1.65 bits per heavy atom. The Kier molecular flexibility index (Phi) is 4.42. The van der Waals surface area contributed by atoms with Crippen LogP contribution in [0, 0.1) is 5.41 Å². The maximum atomic E-state index is 10.4. The predicted octanol–water partition coefficient (Wildman–Crippen LogP) is 4.85. The van der Waals surface area contributed by atoms with E-state index in [0.717, 1.165) is 28.8 Å². The summed E-state index contributed by atoms with van der Waals surface area (Å²) in [6.45, 7) is 11.2. The first-order valence-electron chi connectivity index (χ1n) is 8.84. The molecule has 5 heteroatoms. The highest BCUT2D eigenvalue weighted by molar-refractivity contribution is 5.75. The second-order valence-electron chi connectivity index (χ2n) is 8.67. The third kappa shape index (κ3) is 3.66. The van der Waals surface area contributed by atoms with Crippen LogP contribution in [0.25, 0.3) is 16.7 Å². The Hall–Kier alpha value is -2.56. The summed E-state index contributed by atoms with van der Waals surface area (Å²) in [4.78, 5) is 1.50. The summed E-state index contributed by atoms with van der Waals surface area (Å²) >= 11 is 0. The number of benzene rings is 2. The van der Waals surface area contributed by atoms with E-state index in [9.17, 15) is 5.11 Å². The summed E-state index contributed by atoms with van der Waals surface area (Å²) in [6.07, 6.45) is 1.02. The van der Waals surface area contributed by atoms with Gasteiger partial charge in [0.2, 0.25) is 0 Å². The van der Waals surface area contributed by atoms with E-state index in [2.05, 4.69) is 44.8 Å². The van der Waals surface area contributed by atoms with Crippen molar-refractivity contribution in [2.45, 2.75) is 46.5 Å². The Morgan fingerprint density at radius 3 is 2.31 bits per heavy atom. The van der Waals surface area contributed by atoms with Crippen molar-refractivity contribution in [1.82, 2.24) is 15.0 Å². The molecule has 0 aliphatic rings. The highest BCUT2D eigenvalue weighted by Gasteiger charge is 2.28. The lowest BCUT2D eigenvalue weighted by molar-refractivity contribution is 0.284. The molecular formula is C21H27N3O2. The normalized spacial score (nSPS) is 12.5. The molecule has 0 spiro atoms. The van der Waals surface area contributed by atoms with E-state index in [1.807, 2.05) is 30.3 Å². The molecule has 3 rings (SSSR count). The molecule has 1 aromatic heterocycles. The van der Waals surface area contributed by atoms with E-state index in [-0.39, 0.29) is 16.6 Å². The summed E-state index contributed by atoms with van der Waals surface area (Å²) in [7, 11) is 1.62. The Labute approximate surface area is 154 Å². The average molecular weight is 353 g/mol. The highest BCUT2D eigenvalue weighted by atomic mass is 16.5. The first-order chi connectivity index (χ1) is 12.1. The van der Waals surface area contributed by atoms with Crippen molar-refractivity contribution >= 4 is 11.0 Å². The zero-order chi connectivity index (χ0) is 19.1. The van der Waals surface area contributed by atoms with Crippen molar-refractivity contribution in [1.29, 1.82) is 0 Å². The van der Waals surface area contributed by atoms with Crippen molar-refractivity contribution in [3.05, 3.63) is 42.0 Å². The van der Waals surface area contributed by atoms with Crippen LogP contribution >= 0.6 is 0 Å². The Balaban J connectivity index is 2.05. The van der Waals surface area contributed by atoms with Crippen LogP contribution in [0.3, 0.4) is 0 Å². The number of fused-ring (bicyclic) bond motifs is 1. The number of phenolic OH excluding ortho intramolecular Hbond substituents is 1. The fourth-order valence-corrected chi connectivity index (χ4v) is 3.66. The Bertz CT molecular complexity index is 936. The number of methoxy groups -OCH3 is 1. The van der Waals surface area contributed by atoms with Gasteiger partial charge in [0, 0.05) is 6.07 Å². The van der Waals surface area contributed by atoms with E-state index in [0.29, 0.717) is 5.69 Å². The molecule has 0 saturated heterocycles. The quantitative estimate of drug-likeness (QED) is 0.728. The van der Waals surface area contributed by atoms with Crippen LogP contribution < -0.4 is 4.74 Å². The first-order valence-corrected chi connectivity index (χ1v) is 8.84. The number of hydrogen-bond donors (Lipinski definition) is 1. The van der Waals surface area contributed by atoms with Gasteiger partial charge < -0.3 is 9.84 Å². The van der Waals surface area contributed by atoms with Gasteiger partial charge in [0.25, 0.3) is 0 Å². The molecule has 0 aliphatic heterocycles. The highest BCUT2D eigenvalue weighted by Crippen LogP contribution is 2.38. The van der Waals surface area contributed by atoms with Crippen molar-refractivity contribution in [2.24, 2.45) is 5.41 Å². The first kappa shape index (κ1) is 18.2. The summed E-state index contributed by atoms with van der Waals surface area (Å²) in [6, 6.07) is 11.2. The van der Waals surface area contributed by atoms with E-state index < -0.39 is 0 Å². The monoisotopic (exact) mass is 353 g/mol. The fourth-order valence-electron chi connectivity index (χ4n) is 3.66. The molecule has 2 aromatic carbocycles. The topological polar surface area (TPSA) is 60.2 Å². The number of hydrogen-bond acceptors (Lipinski definition) is 4. The molecule has 0 bridgehead atoms. The van der Waals surface area contributed by atoms with Crippen LogP contribution in [0.1, 0.15) is 46.6 Å². The molecule has 0 radical (unpaired) electrons. The van der Waals surface area contributed by atoms with E-state index >= 15 is 0 Å². The SMILES string of the molecule is COc1ccc2nn(-c3cc(C(C)(C)CC(C)(C)C)ccc3O)nc2c1. The van der Waals surface area contributed by atoms with E-state index in [1.165, 1.54) is 4.80 Å². The summed E-state index contributed by atoms with van der Waals surface area (Å²) in [5.41, 5.74) is 3.39. The van der Waals surface area contributed by atoms with Crippen LogP contribution in [0.2, 0.25) is 0 Å². The van der Waals surface area contributed by atoms with Crippen molar-refractivity contribution in [3.63, 3.8) is 0 Å². The predicted molar refractivity (Wildman–Crippen MR) is 104 cm³/mol. The van der Waals surface area contributed by atoms with Crippen LogP contribution in [-0.2, 0) is 5.41 Å². The number of aromatic nitrogens is 3. The molecule has 0 amide bonds. The summed E-state index contributed by atoms with van der Waals surface area (Å²) in [5, 5.41) is 19.4. The molecule has 1 N–H and O–H groups in total. The summed E-state index contributed by atoms with van der Waals surface area (Å²) < 4.78 is 5.24. The van der Waals surface area contributed by atoms with Gasteiger partial charge in [-0.05, 0) is 47.1 Å². The zero-order valence-electron chi connectivity index (χ0n) is 16.4. The molecular weight excluding hydrogens is 326 g/mol. The fraction of sp³-hybridized carbons (Fsp3) is 0.429. The minimum absolute atomic E-state index is 0.0313. The van der Waals surface area contributed by atoms with Gasteiger partial charge in [-0.25, -0.2) is 0 Å². The minimum atomic E-state index is -0.0313. The van der Waals surface area contributed by atoms with Crippen LogP contribution in [0.5, 0.6) is 11.5 Å². The van der Waals surface area contributed by atoms with Crippen molar-refractivity contribution in [2.75, 3.05) is 7.11 Å². The number of nitrogens with zero attached hydrogens (tertiary/aromatic N) is 3. The average Bonchev–Trinajstić information content (AvgIpc) is 2.95. The van der Waals surface area contributed by atoms with Gasteiger partial charge in [-0.1, -0.05) is 40.7 Å². The lowest BCUT2D eigenvalue weighted by atomic mass is 9.72. The van der Waals surface area contributed by atoms with Crippen molar-refractivity contribution < 1.29 is 9.84 Å². The van der Waals surface area contributed by atoms with Gasteiger partial charge in [-0.15, -0.1) is 15.0 Å². The lowest BCUT2D eigenvalue weighted by Gasteiger charge is -2.33. The minimum Gasteiger partial charge on any atom is -0.506 e.